The Bertz CT molecular complexity index is 816. The lowest BCUT2D eigenvalue weighted by Crippen LogP contribution is -2.27. The molecule has 0 spiro atoms. The van der Waals surface area contributed by atoms with Crippen molar-refractivity contribution in [3.8, 4) is 5.88 Å². The Balaban J connectivity index is 2.57. The van der Waals surface area contributed by atoms with Gasteiger partial charge >= 0.3 is 0 Å². The van der Waals surface area contributed by atoms with Crippen molar-refractivity contribution in [2.24, 2.45) is 15.9 Å². The molecule has 0 fully saturated rings. The number of hydrogen-bond acceptors (Lipinski definition) is 4. The van der Waals surface area contributed by atoms with Gasteiger partial charge < -0.3 is 15.4 Å². The van der Waals surface area contributed by atoms with Crippen LogP contribution in [0.1, 0.15) is 25.8 Å². The fraction of sp³-hybridized carbons (Fsp3) is 0.312. The number of aromatic nitrogens is 1. The first-order valence-corrected chi connectivity index (χ1v) is 7.71. The molecular formula is C16H20ClN5O. The predicted octanol–water partition coefficient (Wildman–Crippen LogP) is 1.76. The van der Waals surface area contributed by atoms with Crippen molar-refractivity contribution in [2.45, 2.75) is 20.3 Å². The Morgan fingerprint density at radius 2 is 2.30 bits per heavy atom. The van der Waals surface area contributed by atoms with Crippen molar-refractivity contribution >= 4 is 29.2 Å². The standard InChI is InChI=1S/C16H20ClN5O/c1-4-10-7-11-15(22-12(17)8-10)14(16(23)21-11)9(2)20-13(18)5-6-19-3/h5-8,10,18-19,21,23H,4H2,1-3H3/b6-5-,18-13?,20-9?. The van der Waals surface area contributed by atoms with Gasteiger partial charge in [0.05, 0.1) is 16.6 Å². The number of nitrogens with one attached hydrogen (secondary N) is 3. The molecule has 122 valence electrons. The molecule has 0 aromatic carbocycles. The summed E-state index contributed by atoms with van der Waals surface area (Å²) in [5.74, 6) is 0.187. The van der Waals surface area contributed by atoms with Crippen LogP contribution in [-0.2, 0) is 0 Å². The van der Waals surface area contributed by atoms with Gasteiger partial charge in [-0.25, -0.2) is 9.98 Å². The normalized spacial score (nSPS) is 17.8. The van der Waals surface area contributed by atoms with Crippen molar-refractivity contribution in [2.75, 3.05) is 7.05 Å². The third-order valence-corrected chi connectivity index (χ3v) is 3.67. The molecule has 1 aromatic rings. The monoisotopic (exact) mass is 333 g/mol. The van der Waals surface area contributed by atoms with Crippen LogP contribution in [0.15, 0.2) is 33.5 Å². The van der Waals surface area contributed by atoms with E-state index in [-0.39, 0.29) is 17.6 Å². The van der Waals surface area contributed by atoms with E-state index < -0.39 is 0 Å². The highest BCUT2D eigenvalue weighted by Gasteiger charge is 2.16. The first kappa shape index (κ1) is 17.0. The number of allylic oxidation sites excluding steroid dienone is 1. The molecule has 0 saturated carbocycles. The SMILES string of the molecule is CCC1C=C(Cl)N=c2c(C(C)=NC(=N)/C=C\NC)c(O)[nH]c2=C1. The number of nitrogens with zero attached hydrogens (tertiary/aromatic N) is 2. The molecule has 0 saturated heterocycles. The molecule has 1 unspecified atom stereocenters. The number of aliphatic imine (C=N–C) groups is 1. The number of H-pyrrole nitrogens is 1. The summed E-state index contributed by atoms with van der Waals surface area (Å²) >= 11 is 6.16. The van der Waals surface area contributed by atoms with Crippen LogP contribution < -0.4 is 16.0 Å². The van der Waals surface area contributed by atoms with E-state index >= 15 is 0 Å². The lowest BCUT2D eigenvalue weighted by molar-refractivity contribution is 0.455. The van der Waals surface area contributed by atoms with E-state index in [2.05, 4.69) is 27.2 Å². The predicted molar refractivity (Wildman–Crippen MR) is 93.6 cm³/mol. The molecular weight excluding hydrogens is 314 g/mol. The molecule has 1 aliphatic rings. The number of aromatic hydroxyl groups is 1. The van der Waals surface area contributed by atoms with Crippen LogP contribution >= 0.6 is 11.6 Å². The molecule has 4 N–H and O–H groups in total. The lowest BCUT2D eigenvalue weighted by atomic mass is 10.1. The Kier molecular flexibility index (Phi) is 5.39. The van der Waals surface area contributed by atoms with Crippen LogP contribution in [0.3, 0.4) is 0 Å². The van der Waals surface area contributed by atoms with Gasteiger partial charge in [-0.2, -0.15) is 0 Å². The highest BCUT2D eigenvalue weighted by Crippen LogP contribution is 2.17. The second-order valence-electron chi connectivity index (χ2n) is 5.16. The Morgan fingerprint density at radius 3 is 2.96 bits per heavy atom. The fourth-order valence-electron chi connectivity index (χ4n) is 2.33. The molecule has 1 aliphatic heterocycles. The summed E-state index contributed by atoms with van der Waals surface area (Å²) in [4.78, 5) is 11.5. The smallest absolute Gasteiger partial charge is 0.200 e. The third kappa shape index (κ3) is 3.90. The number of halogens is 1. The minimum atomic E-state index is -0.0251. The largest absolute Gasteiger partial charge is 0.494 e. The zero-order valence-electron chi connectivity index (χ0n) is 13.3. The van der Waals surface area contributed by atoms with Crippen molar-refractivity contribution < 1.29 is 5.11 Å². The summed E-state index contributed by atoms with van der Waals surface area (Å²) in [6.07, 6.45) is 7.87. The summed E-state index contributed by atoms with van der Waals surface area (Å²) < 4.78 is 0. The van der Waals surface area contributed by atoms with E-state index in [9.17, 15) is 5.11 Å². The zero-order valence-corrected chi connectivity index (χ0v) is 14.1. The number of fused-ring (bicyclic) bond motifs is 1. The lowest BCUT2D eigenvalue weighted by Gasteiger charge is -2.00. The minimum absolute atomic E-state index is 0.0251. The summed E-state index contributed by atoms with van der Waals surface area (Å²) in [6, 6.07) is 0. The van der Waals surface area contributed by atoms with Crippen molar-refractivity contribution in [3.63, 3.8) is 0 Å². The first-order chi connectivity index (χ1) is 11.0. The zero-order chi connectivity index (χ0) is 17.0. The van der Waals surface area contributed by atoms with Crippen LogP contribution in [0.4, 0.5) is 0 Å². The van der Waals surface area contributed by atoms with E-state index in [4.69, 9.17) is 17.0 Å². The summed E-state index contributed by atoms with van der Waals surface area (Å²) in [6.45, 7) is 3.78. The fourth-order valence-corrected chi connectivity index (χ4v) is 2.58. The average Bonchev–Trinajstić information content (AvgIpc) is 2.70. The van der Waals surface area contributed by atoms with Gasteiger partial charge in [0.1, 0.15) is 16.3 Å². The second-order valence-corrected chi connectivity index (χ2v) is 5.54. The summed E-state index contributed by atoms with van der Waals surface area (Å²) in [7, 11) is 1.74. The first-order valence-electron chi connectivity index (χ1n) is 7.33. The third-order valence-electron chi connectivity index (χ3n) is 3.46. The molecule has 2 rings (SSSR count). The van der Waals surface area contributed by atoms with Crippen molar-refractivity contribution in [1.82, 2.24) is 10.3 Å². The van der Waals surface area contributed by atoms with E-state index in [1.165, 1.54) is 6.08 Å². The summed E-state index contributed by atoms with van der Waals surface area (Å²) in [5.41, 5.74) is 0.949. The number of rotatable bonds is 4. The molecule has 1 aromatic heterocycles. The second kappa shape index (κ2) is 7.28. The Morgan fingerprint density at radius 1 is 1.57 bits per heavy atom. The van der Waals surface area contributed by atoms with Gasteiger partial charge in [-0.15, -0.1) is 0 Å². The quantitative estimate of drug-likeness (QED) is 0.384. The summed E-state index contributed by atoms with van der Waals surface area (Å²) in [5, 5.41) is 22.5. The van der Waals surface area contributed by atoms with Crippen LogP contribution in [0.2, 0.25) is 0 Å². The van der Waals surface area contributed by atoms with Gasteiger partial charge in [0, 0.05) is 13.0 Å². The van der Waals surface area contributed by atoms with Crippen molar-refractivity contribution in [1.29, 1.82) is 5.41 Å². The number of hydrogen-bond donors (Lipinski definition) is 4. The molecule has 2 heterocycles. The molecule has 0 bridgehead atoms. The average molecular weight is 334 g/mol. The van der Waals surface area contributed by atoms with Gasteiger partial charge in [-0.1, -0.05) is 24.6 Å². The highest BCUT2D eigenvalue weighted by molar-refractivity contribution is 6.29. The number of aromatic amines is 1. The maximum absolute atomic E-state index is 10.2. The van der Waals surface area contributed by atoms with Crippen LogP contribution in [0, 0.1) is 11.3 Å². The van der Waals surface area contributed by atoms with Crippen molar-refractivity contribution in [3.05, 3.63) is 39.8 Å². The molecule has 7 heteroatoms. The van der Waals surface area contributed by atoms with Gasteiger partial charge in [-0.05, 0) is 31.7 Å². The highest BCUT2D eigenvalue weighted by atomic mass is 35.5. The minimum Gasteiger partial charge on any atom is -0.494 e. The van der Waals surface area contributed by atoms with Gasteiger partial charge in [0.25, 0.3) is 0 Å². The maximum atomic E-state index is 10.2. The van der Waals surface area contributed by atoms with E-state index in [0.717, 1.165) is 6.42 Å². The van der Waals surface area contributed by atoms with Crippen LogP contribution in [0.25, 0.3) is 6.08 Å². The Labute approximate surface area is 139 Å². The molecule has 0 radical (unpaired) electrons. The van der Waals surface area contributed by atoms with Crippen LogP contribution in [0.5, 0.6) is 5.88 Å². The van der Waals surface area contributed by atoms with Gasteiger partial charge in [0.2, 0.25) is 0 Å². The number of amidine groups is 1. The van der Waals surface area contributed by atoms with Gasteiger partial charge in [-0.3, -0.25) is 5.41 Å². The molecule has 0 aliphatic carbocycles. The topological polar surface area (TPSA) is 96.6 Å². The molecule has 0 amide bonds. The molecule has 23 heavy (non-hydrogen) atoms. The van der Waals surface area contributed by atoms with E-state index in [1.807, 2.05) is 12.2 Å². The Hall–Kier alpha value is -2.34. The maximum Gasteiger partial charge on any atom is 0.200 e. The van der Waals surface area contributed by atoms with E-state index in [0.29, 0.717) is 27.1 Å². The van der Waals surface area contributed by atoms with Crippen LogP contribution in [-0.4, -0.2) is 28.7 Å². The van der Waals surface area contributed by atoms with E-state index in [1.54, 1.807) is 20.2 Å². The molecule has 1 atom stereocenters. The molecule has 6 nitrogen and oxygen atoms in total. The van der Waals surface area contributed by atoms with Gasteiger partial charge in [0.15, 0.2) is 5.88 Å².